The van der Waals surface area contributed by atoms with Gasteiger partial charge in [0.1, 0.15) is 5.82 Å². The van der Waals surface area contributed by atoms with Crippen LogP contribution in [0.25, 0.3) is 10.9 Å². The Balaban J connectivity index is 1.74. The van der Waals surface area contributed by atoms with Gasteiger partial charge in [-0.05, 0) is 29.8 Å². The summed E-state index contributed by atoms with van der Waals surface area (Å²) >= 11 is 0. The van der Waals surface area contributed by atoms with Crippen LogP contribution < -0.4 is 9.47 Å². The van der Waals surface area contributed by atoms with E-state index in [1.54, 1.807) is 12.1 Å². The largest absolute Gasteiger partial charge is 0.454 e. The van der Waals surface area contributed by atoms with Gasteiger partial charge in [-0.1, -0.05) is 12.1 Å². The van der Waals surface area contributed by atoms with E-state index in [4.69, 9.17) is 9.47 Å². The number of benzene rings is 2. The molecule has 0 unspecified atom stereocenters. The number of nitrogens with zero attached hydrogens (tertiary/aromatic N) is 1. The number of aromatic nitrogens is 1. The molecule has 0 bridgehead atoms. The van der Waals surface area contributed by atoms with Gasteiger partial charge in [-0.15, -0.1) is 0 Å². The zero-order valence-corrected chi connectivity index (χ0v) is 10.7. The Hall–Kier alpha value is -2.49. The number of hydrogen-bond acceptors (Lipinski definition) is 2. The van der Waals surface area contributed by atoms with Gasteiger partial charge in [-0.2, -0.15) is 0 Å². The summed E-state index contributed by atoms with van der Waals surface area (Å²) in [5.41, 5.74) is 2.14. The standard InChI is InChI=1S/C16H12FNO2/c17-13-3-1-11(2-4-13)9-18-6-5-12-7-15-16(8-14(12)18)20-10-19-15/h1-8H,9-10H2. The summed E-state index contributed by atoms with van der Waals surface area (Å²) in [4.78, 5) is 0. The van der Waals surface area contributed by atoms with E-state index >= 15 is 0 Å². The Bertz CT molecular complexity index is 777. The maximum Gasteiger partial charge on any atom is 0.231 e. The van der Waals surface area contributed by atoms with Gasteiger partial charge in [0.05, 0.1) is 5.52 Å². The summed E-state index contributed by atoms with van der Waals surface area (Å²) in [7, 11) is 0. The van der Waals surface area contributed by atoms with Crippen molar-refractivity contribution in [2.45, 2.75) is 6.54 Å². The lowest BCUT2D eigenvalue weighted by molar-refractivity contribution is 0.174. The number of halogens is 1. The van der Waals surface area contributed by atoms with Crippen LogP contribution in [0.3, 0.4) is 0 Å². The molecule has 2 aromatic carbocycles. The van der Waals surface area contributed by atoms with Gasteiger partial charge >= 0.3 is 0 Å². The molecule has 0 spiro atoms. The molecule has 0 saturated carbocycles. The van der Waals surface area contributed by atoms with E-state index in [0.29, 0.717) is 6.54 Å². The van der Waals surface area contributed by atoms with Gasteiger partial charge in [-0.3, -0.25) is 0 Å². The molecule has 3 nitrogen and oxygen atoms in total. The highest BCUT2D eigenvalue weighted by atomic mass is 19.1. The molecule has 1 aliphatic rings. The summed E-state index contributed by atoms with van der Waals surface area (Å²) in [6.07, 6.45) is 2.02. The van der Waals surface area contributed by atoms with Gasteiger partial charge in [0, 0.05) is 24.2 Å². The van der Waals surface area contributed by atoms with E-state index in [9.17, 15) is 4.39 Å². The SMILES string of the molecule is Fc1ccc(Cn2ccc3cc4c(cc32)OCO4)cc1. The fourth-order valence-corrected chi connectivity index (χ4v) is 2.50. The first-order valence-electron chi connectivity index (χ1n) is 6.42. The minimum Gasteiger partial charge on any atom is -0.454 e. The smallest absolute Gasteiger partial charge is 0.231 e. The minimum absolute atomic E-state index is 0.213. The van der Waals surface area contributed by atoms with Crippen LogP contribution in [0.15, 0.2) is 48.7 Å². The summed E-state index contributed by atoms with van der Waals surface area (Å²) < 4.78 is 25.8. The van der Waals surface area contributed by atoms with Gasteiger partial charge in [0.25, 0.3) is 0 Å². The third-order valence-electron chi connectivity index (χ3n) is 3.53. The number of ether oxygens (including phenoxy) is 2. The summed E-state index contributed by atoms with van der Waals surface area (Å²) in [6, 6.07) is 12.6. The first-order chi connectivity index (χ1) is 9.79. The molecule has 1 aliphatic heterocycles. The van der Waals surface area contributed by atoms with Crippen molar-refractivity contribution in [3.63, 3.8) is 0 Å². The van der Waals surface area contributed by atoms with Crippen LogP contribution >= 0.6 is 0 Å². The Morgan fingerprint density at radius 2 is 1.75 bits per heavy atom. The Morgan fingerprint density at radius 3 is 2.55 bits per heavy atom. The average Bonchev–Trinajstić information content (AvgIpc) is 3.06. The van der Waals surface area contributed by atoms with Crippen molar-refractivity contribution in [3.05, 3.63) is 60.0 Å². The summed E-state index contributed by atoms with van der Waals surface area (Å²) in [6.45, 7) is 0.976. The number of rotatable bonds is 2. The summed E-state index contributed by atoms with van der Waals surface area (Å²) in [5.74, 6) is 1.35. The first-order valence-corrected chi connectivity index (χ1v) is 6.42. The minimum atomic E-state index is -0.213. The predicted octanol–water partition coefficient (Wildman–Crippen LogP) is 3.56. The average molecular weight is 269 g/mol. The molecule has 3 aromatic rings. The van der Waals surface area contributed by atoms with Crippen molar-refractivity contribution in [1.29, 1.82) is 0 Å². The van der Waals surface area contributed by atoms with Crippen LogP contribution in [-0.2, 0) is 6.54 Å². The lowest BCUT2D eigenvalue weighted by Crippen LogP contribution is -1.97. The van der Waals surface area contributed by atoms with Crippen molar-refractivity contribution in [1.82, 2.24) is 4.57 Å². The van der Waals surface area contributed by atoms with E-state index in [1.165, 1.54) is 12.1 Å². The molecule has 1 aromatic heterocycles. The fraction of sp³-hybridized carbons (Fsp3) is 0.125. The van der Waals surface area contributed by atoms with Crippen LogP contribution in [0.1, 0.15) is 5.56 Å². The molecule has 0 amide bonds. The highest BCUT2D eigenvalue weighted by Gasteiger charge is 2.15. The molecular weight excluding hydrogens is 257 g/mol. The first kappa shape index (κ1) is 11.3. The van der Waals surface area contributed by atoms with E-state index in [-0.39, 0.29) is 12.6 Å². The second kappa shape index (κ2) is 4.27. The zero-order chi connectivity index (χ0) is 13.5. The number of fused-ring (bicyclic) bond motifs is 2. The molecule has 0 saturated heterocycles. The van der Waals surface area contributed by atoms with E-state index in [1.807, 2.05) is 24.4 Å². The molecule has 20 heavy (non-hydrogen) atoms. The van der Waals surface area contributed by atoms with Gasteiger partial charge in [0.15, 0.2) is 11.5 Å². The van der Waals surface area contributed by atoms with Crippen LogP contribution in [0, 0.1) is 5.82 Å². The van der Waals surface area contributed by atoms with Gasteiger partial charge < -0.3 is 14.0 Å². The monoisotopic (exact) mass is 269 g/mol. The second-order valence-corrected chi connectivity index (χ2v) is 4.83. The second-order valence-electron chi connectivity index (χ2n) is 4.83. The normalized spacial score (nSPS) is 13.1. The Kier molecular flexibility index (Phi) is 2.42. The Labute approximate surface area is 115 Å². The molecule has 4 rings (SSSR count). The molecule has 0 radical (unpaired) electrons. The van der Waals surface area contributed by atoms with Crippen LogP contribution in [0.2, 0.25) is 0 Å². The third-order valence-corrected chi connectivity index (χ3v) is 3.53. The van der Waals surface area contributed by atoms with Crippen molar-refractivity contribution < 1.29 is 13.9 Å². The van der Waals surface area contributed by atoms with E-state index in [2.05, 4.69) is 4.57 Å². The third kappa shape index (κ3) is 1.81. The van der Waals surface area contributed by atoms with E-state index < -0.39 is 0 Å². The zero-order valence-electron chi connectivity index (χ0n) is 10.7. The molecule has 2 heterocycles. The molecule has 0 aliphatic carbocycles. The molecule has 100 valence electrons. The van der Waals surface area contributed by atoms with Crippen molar-refractivity contribution >= 4 is 10.9 Å². The van der Waals surface area contributed by atoms with Crippen molar-refractivity contribution in [3.8, 4) is 11.5 Å². The maximum absolute atomic E-state index is 12.9. The lowest BCUT2D eigenvalue weighted by atomic mass is 10.2. The lowest BCUT2D eigenvalue weighted by Gasteiger charge is -2.06. The van der Waals surface area contributed by atoms with Gasteiger partial charge in [0.2, 0.25) is 6.79 Å². The molecule has 4 heteroatoms. The highest BCUT2D eigenvalue weighted by molar-refractivity contribution is 5.84. The summed E-state index contributed by atoms with van der Waals surface area (Å²) in [5, 5.41) is 1.11. The molecule has 0 fully saturated rings. The van der Waals surface area contributed by atoms with Crippen LogP contribution in [-0.4, -0.2) is 11.4 Å². The highest BCUT2D eigenvalue weighted by Crippen LogP contribution is 2.36. The van der Waals surface area contributed by atoms with E-state index in [0.717, 1.165) is 28.0 Å². The fourth-order valence-electron chi connectivity index (χ4n) is 2.50. The van der Waals surface area contributed by atoms with Crippen molar-refractivity contribution in [2.75, 3.05) is 6.79 Å². The molecule has 0 N–H and O–H groups in total. The van der Waals surface area contributed by atoms with Gasteiger partial charge in [-0.25, -0.2) is 4.39 Å². The Morgan fingerprint density at radius 1 is 1.00 bits per heavy atom. The molecule has 0 atom stereocenters. The van der Waals surface area contributed by atoms with Crippen molar-refractivity contribution in [2.24, 2.45) is 0 Å². The van der Waals surface area contributed by atoms with Crippen LogP contribution in [0.4, 0.5) is 4.39 Å². The topological polar surface area (TPSA) is 23.4 Å². The van der Waals surface area contributed by atoms with Crippen LogP contribution in [0.5, 0.6) is 11.5 Å². The quantitative estimate of drug-likeness (QED) is 0.710. The molecular formula is C16H12FNO2. The number of hydrogen-bond donors (Lipinski definition) is 0. The predicted molar refractivity (Wildman–Crippen MR) is 73.6 cm³/mol. The maximum atomic E-state index is 12.9.